The highest BCUT2D eigenvalue weighted by atomic mass is 17.2. The Balaban J connectivity index is 1.56. The standard InChI is InChI=1S/C27H42O6/c1-6-7-17(3)32-33-20-8-10-26(5)19(13-20)14-23(30)24-21(26)9-11-27(15-28)22(24)12-16(2)25(27)31-18(4)29/h14,16,20-25,28,30H,3,6-13,15H2,1-2,4-5H3/t16-,20+,21?,22?,23?,24?,25+,26+,27-/m1/s1. The van der Waals surface area contributed by atoms with Gasteiger partial charge in [-0.25, -0.2) is 0 Å². The summed E-state index contributed by atoms with van der Waals surface area (Å²) in [6.07, 6.45) is 8.23. The zero-order chi connectivity index (χ0) is 24.0. The molecule has 4 aliphatic carbocycles. The van der Waals surface area contributed by atoms with Gasteiger partial charge < -0.3 is 19.8 Å². The van der Waals surface area contributed by atoms with Crippen molar-refractivity contribution in [1.29, 1.82) is 0 Å². The molecule has 4 rings (SSSR count). The van der Waals surface area contributed by atoms with Crippen molar-refractivity contribution in [1.82, 2.24) is 0 Å². The van der Waals surface area contributed by atoms with E-state index in [1.165, 1.54) is 12.5 Å². The molecule has 0 amide bonds. The summed E-state index contributed by atoms with van der Waals surface area (Å²) >= 11 is 0. The molecular weight excluding hydrogens is 420 g/mol. The highest BCUT2D eigenvalue weighted by molar-refractivity contribution is 5.66. The number of esters is 1. The van der Waals surface area contributed by atoms with Crippen LogP contribution in [0.15, 0.2) is 24.0 Å². The number of aliphatic hydroxyl groups is 2. The second-order valence-corrected chi connectivity index (χ2v) is 11.4. The minimum Gasteiger partial charge on any atom is -0.462 e. The summed E-state index contributed by atoms with van der Waals surface area (Å²) in [6, 6.07) is 0. The molecule has 0 aromatic heterocycles. The Kier molecular flexibility index (Phi) is 7.01. The van der Waals surface area contributed by atoms with E-state index in [1.54, 1.807) is 0 Å². The first kappa shape index (κ1) is 24.7. The lowest BCUT2D eigenvalue weighted by Crippen LogP contribution is -2.57. The third-order valence-corrected chi connectivity index (χ3v) is 9.47. The number of aliphatic hydroxyl groups excluding tert-OH is 2. The van der Waals surface area contributed by atoms with Gasteiger partial charge in [-0.05, 0) is 74.0 Å². The van der Waals surface area contributed by atoms with E-state index in [9.17, 15) is 15.0 Å². The first-order valence-corrected chi connectivity index (χ1v) is 12.8. The summed E-state index contributed by atoms with van der Waals surface area (Å²) in [5.74, 6) is 1.10. The fraction of sp³-hybridized carbons (Fsp3) is 0.815. The molecule has 0 radical (unpaired) electrons. The molecule has 3 fully saturated rings. The molecule has 9 atom stereocenters. The normalized spacial score (nSPS) is 44.2. The lowest BCUT2D eigenvalue weighted by molar-refractivity contribution is -0.301. The summed E-state index contributed by atoms with van der Waals surface area (Å²) < 4.78 is 5.78. The minimum atomic E-state index is -0.563. The van der Waals surface area contributed by atoms with Gasteiger partial charge in [-0.3, -0.25) is 4.79 Å². The molecule has 2 N–H and O–H groups in total. The molecule has 0 saturated heterocycles. The SMILES string of the molecule is C=C(CCC)OO[C@H]1CC[C@@]2(C)C(=CC(O)C3C4C[C@@H](C)[C@H](OC(C)=O)[C@@]4(CO)CCC32)C1. The Morgan fingerprint density at radius 1 is 1.27 bits per heavy atom. The van der Waals surface area contributed by atoms with Crippen LogP contribution in [0.25, 0.3) is 0 Å². The Hall–Kier alpha value is -1.37. The number of rotatable bonds is 7. The van der Waals surface area contributed by atoms with Crippen LogP contribution in [0.1, 0.15) is 79.1 Å². The number of carbonyl (C=O) groups excluding carboxylic acids is 1. The molecule has 0 aromatic carbocycles. The van der Waals surface area contributed by atoms with Gasteiger partial charge in [0, 0.05) is 18.8 Å². The van der Waals surface area contributed by atoms with Crippen molar-refractivity contribution >= 4 is 5.97 Å². The van der Waals surface area contributed by atoms with E-state index in [-0.39, 0.29) is 48.0 Å². The molecule has 3 saturated carbocycles. The van der Waals surface area contributed by atoms with E-state index < -0.39 is 11.5 Å². The van der Waals surface area contributed by atoms with Crippen molar-refractivity contribution in [2.24, 2.45) is 34.5 Å². The maximum Gasteiger partial charge on any atom is 0.302 e. The molecule has 186 valence electrons. The van der Waals surface area contributed by atoms with Gasteiger partial charge in [0.15, 0.2) is 0 Å². The van der Waals surface area contributed by atoms with Gasteiger partial charge in [-0.1, -0.05) is 39.0 Å². The fourth-order valence-electron chi connectivity index (χ4n) is 7.96. The second kappa shape index (κ2) is 9.35. The van der Waals surface area contributed by atoms with E-state index in [4.69, 9.17) is 14.5 Å². The van der Waals surface area contributed by atoms with Crippen LogP contribution in [0.2, 0.25) is 0 Å². The van der Waals surface area contributed by atoms with Crippen molar-refractivity contribution in [3.63, 3.8) is 0 Å². The molecule has 4 unspecified atom stereocenters. The number of hydrogen-bond acceptors (Lipinski definition) is 6. The van der Waals surface area contributed by atoms with Crippen molar-refractivity contribution in [3.8, 4) is 0 Å². The predicted octanol–water partition coefficient (Wildman–Crippen LogP) is 4.70. The highest BCUT2D eigenvalue weighted by Gasteiger charge is 2.65. The topological polar surface area (TPSA) is 85.2 Å². The zero-order valence-corrected chi connectivity index (χ0v) is 20.7. The summed E-state index contributed by atoms with van der Waals surface area (Å²) in [6.45, 7) is 11.9. The van der Waals surface area contributed by atoms with E-state index >= 15 is 0 Å². The Morgan fingerprint density at radius 2 is 2.03 bits per heavy atom. The first-order valence-electron chi connectivity index (χ1n) is 12.8. The average molecular weight is 463 g/mol. The Labute approximate surface area is 198 Å². The molecule has 0 spiro atoms. The van der Waals surface area contributed by atoms with Gasteiger partial charge in [0.25, 0.3) is 0 Å². The lowest BCUT2D eigenvalue weighted by Gasteiger charge is -2.59. The molecule has 0 aliphatic heterocycles. The average Bonchev–Trinajstić information content (AvgIpc) is 3.04. The number of hydrogen-bond donors (Lipinski definition) is 2. The molecule has 6 heteroatoms. The third-order valence-electron chi connectivity index (χ3n) is 9.47. The van der Waals surface area contributed by atoms with Gasteiger partial charge in [-0.15, -0.1) is 0 Å². The summed E-state index contributed by atoms with van der Waals surface area (Å²) in [4.78, 5) is 23.0. The van der Waals surface area contributed by atoms with Crippen LogP contribution in [0.5, 0.6) is 0 Å². The minimum absolute atomic E-state index is 0.00191. The first-order chi connectivity index (χ1) is 15.7. The van der Waals surface area contributed by atoms with Crippen molar-refractivity contribution in [2.75, 3.05) is 6.61 Å². The van der Waals surface area contributed by atoms with Crippen LogP contribution in [0, 0.1) is 34.5 Å². The third kappa shape index (κ3) is 4.17. The van der Waals surface area contributed by atoms with Crippen molar-refractivity contribution in [2.45, 2.75) is 97.4 Å². The lowest BCUT2D eigenvalue weighted by atomic mass is 9.47. The number of carbonyl (C=O) groups is 1. The van der Waals surface area contributed by atoms with Gasteiger partial charge in [0.05, 0.1) is 12.7 Å². The van der Waals surface area contributed by atoms with Crippen molar-refractivity contribution in [3.05, 3.63) is 24.0 Å². The van der Waals surface area contributed by atoms with Gasteiger partial charge >= 0.3 is 5.97 Å². The smallest absolute Gasteiger partial charge is 0.302 e. The van der Waals surface area contributed by atoms with Gasteiger partial charge in [-0.2, -0.15) is 4.89 Å². The number of allylic oxidation sites excluding steroid dienone is 1. The summed E-state index contributed by atoms with van der Waals surface area (Å²) in [5.41, 5.74) is 0.827. The van der Waals surface area contributed by atoms with E-state index in [1.807, 2.05) is 0 Å². The van der Waals surface area contributed by atoms with Gasteiger partial charge in [0.2, 0.25) is 0 Å². The molecule has 6 nitrogen and oxygen atoms in total. The number of ether oxygens (including phenoxy) is 1. The van der Waals surface area contributed by atoms with Crippen LogP contribution in [-0.2, 0) is 19.3 Å². The van der Waals surface area contributed by atoms with E-state index in [0.29, 0.717) is 11.7 Å². The van der Waals surface area contributed by atoms with Crippen LogP contribution < -0.4 is 0 Å². The Bertz CT molecular complexity index is 791. The molecule has 0 heterocycles. The number of fused-ring (bicyclic) bond motifs is 5. The quantitative estimate of drug-likeness (QED) is 0.188. The van der Waals surface area contributed by atoms with Crippen LogP contribution in [0.4, 0.5) is 0 Å². The zero-order valence-electron chi connectivity index (χ0n) is 20.7. The molecule has 0 bridgehead atoms. The molecule has 0 aromatic rings. The fourth-order valence-corrected chi connectivity index (χ4v) is 7.96. The highest BCUT2D eigenvalue weighted by Crippen LogP contribution is 2.66. The molecular formula is C27H42O6. The predicted molar refractivity (Wildman–Crippen MR) is 125 cm³/mol. The van der Waals surface area contributed by atoms with Crippen LogP contribution in [-0.4, -0.2) is 41.1 Å². The molecule has 33 heavy (non-hydrogen) atoms. The Morgan fingerprint density at radius 3 is 2.70 bits per heavy atom. The largest absolute Gasteiger partial charge is 0.462 e. The summed E-state index contributed by atoms with van der Waals surface area (Å²) in [7, 11) is 0. The molecule has 4 aliphatic rings. The second-order valence-electron chi connectivity index (χ2n) is 11.4. The monoisotopic (exact) mass is 462 g/mol. The maximum absolute atomic E-state index is 11.8. The van der Waals surface area contributed by atoms with E-state index in [2.05, 4.69) is 33.4 Å². The van der Waals surface area contributed by atoms with E-state index in [0.717, 1.165) is 51.4 Å². The van der Waals surface area contributed by atoms with Crippen LogP contribution in [0.3, 0.4) is 0 Å². The maximum atomic E-state index is 11.8. The van der Waals surface area contributed by atoms with Gasteiger partial charge in [0.1, 0.15) is 18.0 Å². The summed E-state index contributed by atoms with van der Waals surface area (Å²) in [5, 5.41) is 22.0. The van der Waals surface area contributed by atoms with Crippen LogP contribution >= 0.6 is 0 Å². The van der Waals surface area contributed by atoms with Crippen molar-refractivity contribution < 1.29 is 29.5 Å².